The van der Waals surface area contributed by atoms with Crippen molar-refractivity contribution in [2.24, 2.45) is 0 Å². The number of nitrogens with one attached hydrogen (secondary N) is 1. The van der Waals surface area contributed by atoms with Gasteiger partial charge in [0.05, 0.1) is 23.9 Å². The molecule has 34 heavy (non-hydrogen) atoms. The van der Waals surface area contributed by atoms with Crippen LogP contribution in [0.1, 0.15) is 19.3 Å². The molecule has 0 saturated carbocycles. The summed E-state index contributed by atoms with van der Waals surface area (Å²) in [6.07, 6.45) is 3.85. The Bertz CT molecular complexity index is 1280. The zero-order valence-corrected chi connectivity index (χ0v) is 19.9. The van der Waals surface area contributed by atoms with Crippen molar-refractivity contribution in [3.8, 4) is 22.7 Å². The molecule has 0 spiro atoms. The molecular formula is C25H28ClN7O. The predicted octanol–water partition coefficient (Wildman–Crippen LogP) is 4.62. The van der Waals surface area contributed by atoms with Gasteiger partial charge in [0.25, 0.3) is 0 Å². The highest BCUT2D eigenvalue weighted by Gasteiger charge is 2.21. The molecule has 0 bridgehead atoms. The molecule has 3 heterocycles. The second-order valence-electron chi connectivity index (χ2n) is 8.40. The molecule has 0 amide bonds. The van der Waals surface area contributed by atoms with Crippen molar-refractivity contribution in [2.75, 3.05) is 44.3 Å². The lowest BCUT2D eigenvalue weighted by Gasteiger charge is -2.26. The number of anilines is 2. The Kier molecular flexibility index (Phi) is 6.51. The number of nitrogens with two attached hydrogens (primary N) is 1. The monoisotopic (exact) mass is 477 g/mol. The van der Waals surface area contributed by atoms with Gasteiger partial charge in [0.2, 0.25) is 5.95 Å². The smallest absolute Gasteiger partial charge is 0.225 e. The van der Waals surface area contributed by atoms with Crippen LogP contribution in [0.25, 0.3) is 28.0 Å². The Morgan fingerprint density at radius 3 is 2.56 bits per heavy atom. The number of rotatable bonds is 7. The molecule has 5 rings (SSSR count). The van der Waals surface area contributed by atoms with E-state index in [0.29, 0.717) is 39.3 Å². The van der Waals surface area contributed by atoms with E-state index in [1.165, 1.54) is 19.3 Å². The van der Waals surface area contributed by atoms with Crippen LogP contribution in [-0.2, 0) is 0 Å². The van der Waals surface area contributed by atoms with Gasteiger partial charge in [-0.3, -0.25) is 0 Å². The van der Waals surface area contributed by atoms with E-state index in [0.717, 1.165) is 37.4 Å². The molecule has 1 fully saturated rings. The number of fused-ring (bicyclic) bond motifs is 1. The quantitative estimate of drug-likeness (QED) is 0.401. The Morgan fingerprint density at radius 2 is 1.79 bits per heavy atom. The second kappa shape index (κ2) is 9.87. The van der Waals surface area contributed by atoms with E-state index in [9.17, 15) is 0 Å². The summed E-state index contributed by atoms with van der Waals surface area (Å²) in [5.74, 6) is 1.68. The van der Waals surface area contributed by atoms with Crippen LogP contribution in [0.2, 0.25) is 5.02 Å². The highest BCUT2D eigenvalue weighted by Crippen LogP contribution is 2.37. The fourth-order valence-electron chi connectivity index (χ4n) is 4.41. The molecule has 0 radical (unpaired) electrons. The maximum atomic E-state index is 6.61. The predicted molar refractivity (Wildman–Crippen MR) is 137 cm³/mol. The second-order valence-corrected chi connectivity index (χ2v) is 8.83. The summed E-state index contributed by atoms with van der Waals surface area (Å²) in [5.41, 5.74) is 9.43. The topological polar surface area (TPSA) is 94.1 Å². The third kappa shape index (κ3) is 4.51. The fraction of sp³-hybridized carbons (Fsp3) is 0.320. The van der Waals surface area contributed by atoms with Gasteiger partial charge in [0.15, 0.2) is 5.65 Å². The molecule has 9 heteroatoms. The molecule has 176 valence electrons. The Balaban J connectivity index is 1.56. The van der Waals surface area contributed by atoms with E-state index in [1.54, 1.807) is 11.8 Å². The summed E-state index contributed by atoms with van der Waals surface area (Å²) in [7, 11) is 1.65. The normalized spacial score (nSPS) is 14.4. The van der Waals surface area contributed by atoms with Gasteiger partial charge in [-0.2, -0.15) is 4.98 Å². The van der Waals surface area contributed by atoms with Crippen molar-refractivity contribution < 1.29 is 4.74 Å². The van der Waals surface area contributed by atoms with Gasteiger partial charge >= 0.3 is 0 Å². The van der Waals surface area contributed by atoms with Crippen molar-refractivity contribution in [3.05, 3.63) is 53.6 Å². The molecule has 8 nitrogen and oxygen atoms in total. The van der Waals surface area contributed by atoms with Gasteiger partial charge in [0.1, 0.15) is 11.6 Å². The lowest BCUT2D eigenvalue weighted by Crippen LogP contribution is -2.33. The molecule has 3 N–H and O–H groups in total. The number of hydrogen-bond acceptors (Lipinski definition) is 7. The number of methoxy groups -OCH3 is 1. The number of likely N-dealkylation sites (tertiary alicyclic amines) is 1. The van der Waals surface area contributed by atoms with E-state index in [1.807, 2.05) is 48.5 Å². The molecule has 1 aliphatic heterocycles. The van der Waals surface area contributed by atoms with Crippen LogP contribution in [0.15, 0.2) is 48.5 Å². The van der Waals surface area contributed by atoms with Crippen LogP contribution < -0.4 is 15.8 Å². The van der Waals surface area contributed by atoms with Gasteiger partial charge in [-0.05, 0) is 62.3 Å². The Morgan fingerprint density at radius 1 is 1.03 bits per heavy atom. The van der Waals surface area contributed by atoms with Crippen LogP contribution >= 0.6 is 11.6 Å². The highest BCUT2D eigenvalue weighted by atomic mass is 35.5. The van der Waals surface area contributed by atoms with Gasteiger partial charge in [-0.15, -0.1) is 5.10 Å². The molecule has 2 aromatic heterocycles. The lowest BCUT2D eigenvalue weighted by molar-refractivity contribution is 0.237. The molecular weight excluding hydrogens is 450 g/mol. The van der Waals surface area contributed by atoms with E-state index < -0.39 is 0 Å². The first kappa shape index (κ1) is 22.4. The summed E-state index contributed by atoms with van der Waals surface area (Å²) in [4.78, 5) is 12.0. The molecule has 1 aliphatic rings. The Labute approximate surface area is 203 Å². The number of para-hydroxylation sites is 1. The zero-order valence-electron chi connectivity index (χ0n) is 19.2. The summed E-state index contributed by atoms with van der Waals surface area (Å²) >= 11 is 6.07. The number of hydrogen-bond donors (Lipinski definition) is 2. The molecule has 4 aromatic rings. The van der Waals surface area contributed by atoms with E-state index >= 15 is 0 Å². The Hall–Kier alpha value is -3.36. The minimum Gasteiger partial charge on any atom is -0.496 e. The van der Waals surface area contributed by atoms with Crippen LogP contribution in [0.5, 0.6) is 5.75 Å². The number of halogens is 1. The lowest BCUT2D eigenvalue weighted by atomic mass is 10.1. The first-order valence-electron chi connectivity index (χ1n) is 11.6. The van der Waals surface area contributed by atoms with Crippen LogP contribution in [0, 0.1) is 0 Å². The number of piperidine rings is 1. The zero-order chi connectivity index (χ0) is 23.5. The van der Waals surface area contributed by atoms with Gasteiger partial charge in [0, 0.05) is 23.7 Å². The summed E-state index contributed by atoms with van der Waals surface area (Å²) < 4.78 is 7.30. The van der Waals surface area contributed by atoms with Crippen molar-refractivity contribution in [1.82, 2.24) is 24.6 Å². The maximum Gasteiger partial charge on any atom is 0.225 e. The number of ether oxygens (including phenoxy) is 1. The molecule has 0 unspecified atom stereocenters. The first-order valence-corrected chi connectivity index (χ1v) is 11.9. The molecule has 1 saturated heterocycles. The minimum absolute atomic E-state index is 0.457. The van der Waals surface area contributed by atoms with Crippen molar-refractivity contribution in [3.63, 3.8) is 0 Å². The third-order valence-corrected chi connectivity index (χ3v) is 6.41. The van der Waals surface area contributed by atoms with E-state index in [4.69, 9.17) is 37.1 Å². The summed E-state index contributed by atoms with van der Waals surface area (Å²) in [6.45, 7) is 4.00. The average molecular weight is 478 g/mol. The third-order valence-electron chi connectivity index (χ3n) is 6.16. The SMILES string of the molecule is COc1ccccc1-c1nc(NCCN2CCCCC2)nc2nn(-c3ccc(Cl)cc3)c(N)c12. The number of nitrogen functional groups attached to an aromatic ring is 1. The van der Waals surface area contributed by atoms with Crippen LogP contribution in [-0.4, -0.2) is 57.9 Å². The van der Waals surface area contributed by atoms with Crippen molar-refractivity contribution in [2.45, 2.75) is 19.3 Å². The van der Waals surface area contributed by atoms with Crippen molar-refractivity contribution in [1.29, 1.82) is 0 Å². The van der Waals surface area contributed by atoms with E-state index in [2.05, 4.69) is 10.2 Å². The van der Waals surface area contributed by atoms with Gasteiger partial charge < -0.3 is 20.7 Å². The van der Waals surface area contributed by atoms with Crippen LogP contribution in [0.4, 0.5) is 11.8 Å². The van der Waals surface area contributed by atoms with Gasteiger partial charge in [-0.25, -0.2) is 9.67 Å². The van der Waals surface area contributed by atoms with E-state index in [-0.39, 0.29) is 0 Å². The minimum atomic E-state index is 0.457. The number of aromatic nitrogens is 4. The van der Waals surface area contributed by atoms with Crippen molar-refractivity contribution >= 4 is 34.4 Å². The fourth-order valence-corrected chi connectivity index (χ4v) is 4.54. The van der Waals surface area contributed by atoms with Gasteiger partial charge in [-0.1, -0.05) is 30.2 Å². The molecule has 0 atom stereocenters. The standard InChI is InChI=1S/C25H28ClN7O/c1-34-20-8-4-3-7-19(20)22-21-23(27)33(18-11-9-17(26)10-12-18)31-24(21)30-25(29-22)28-13-16-32-14-5-2-6-15-32/h3-4,7-12H,2,5-6,13-16,27H2,1H3,(H,28,30,31). The summed E-state index contributed by atoms with van der Waals surface area (Å²) in [6, 6.07) is 15.1. The summed E-state index contributed by atoms with van der Waals surface area (Å²) in [5, 5.41) is 9.44. The first-order chi connectivity index (χ1) is 16.6. The average Bonchev–Trinajstić information content (AvgIpc) is 3.21. The largest absolute Gasteiger partial charge is 0.496 e. The molecule has 2 aromatic carbocycles. The highest BCUT2D eigenvalue weighted by molar-refractivity contribution is 6.30. The maximum absolute atomic E-state index is 6.61. The molecule has 0 aliphatic carbocycles. The number of nitrogens with zero attached hydrogens (tertiary/aromatic N) is 5. The number of benzene rings is 2. The van der Waals surface area contributed by atoms with Crippen LogP contribution in [0.3, 0.4) is 0 Å².